The zero-order valence-electron chi connectivity index (χ0n) is 6.35. The lowest BCUT2D eigenvalue weighted by atomic mass is 10.2. The molecule has 1 rings (SSSR count). The Morgan fingerprint density at radius 3 is 2.85 bits per heavy atom. The van der Waals surface area contributed by atoms with E-state index < -0.39 is 0 Å². The van der Waals surface area contributed by atoms with E-state index in [1.54, 1.807) is 6.07 Å². The Labute approximate surface area is 96.9 Å². The number of nitrogens with zero attached hydrogens (tertiary/aromatic N) is 1. The van der Waals surface area contributed by atoms with Crippen LogP contribution in [0, 0.1) is 0 Å². The number of halogens is 3. The Morgan fingerprint density at radius 2 is 2.31 bits per heavy atom. The van der Waals surface area contributed by atoms with Crippen LogP contribution in [0.1, 0.15) is 5.56 Å². The molecule has 1 heterocycles. The Bertz CT molecular complexity index is 357. The average Bonchev–Trinajstić information content (AvgIpc) is 1.99. The van der Waals surface area contributed by atoms with Gasteiger partial charge in [0.2, 0.25) is 4.69 Å². The molecule has 0 bridgehead atoms. The Hall–Kier alpha value is -0.130. The zero-order valence-corrected chi connectivity index (χ0v) is 10.3. The normalized spacial score (nSPS) is 10.1. The first-order valence-electron chi connectivity index (χ1n) is 3.29. The van der Waals surface area contributed by atoms with E-state index >= 15 is 0 Å². The van der Waals surface area contributed by atoms with E-state index in [2.05, 4.69) is 36.8 Å². The second kappa shape index (κ2) is 4.39. The molecule has 0 spiro atoms. The van der Waals surface area contributed by atoms with Crippen molar-refractivity contribution in [2.75, 3.05) is 5.73 Å². The van der Waals surface area contributed by atoms with Crippen molar-refractivity contribution in [3.63, 3.8) is 0 Å². The molecule has 0 aliphatic rings. The van der Waals surface area contributed by atoms with E-state index in [1.807, 2.05) is 0 Å². The van der Waals surface area contributed by atoms with Crippen LogP contribution in [0.2, 0.25) is 5.15 Å². The van der Waals surface area contributed by atoms with Crippen molar-refractivity contribution < 1.29 is 4.79 Å². The van der Waals surface area contributed by atoms with Crippen molar-refractivity contribution >= 4 is 54.0 Å². The Kier molecular flexibility index (Phi) is 3.70. The van der Waals surface area contributed by atoms with Gasteiger partial charge < -0.3 is 5.73 Å². The minimum Gasteiger partial charge on any atom is -0.383 e. The van der Waals surface area contributed by atoms with Crippen LogP contribution < -0.4 is 5.73 Å². The van der Waals surface area contributed by atoms with Crippen molar-refractivity contribution in [3.05, 3.63) is 21.3 Å². The van der Waals surface area contributed by atoms with Crippen molar-refractivity contribution in [2.45, 2.75) is 6.42 Å². The number of carbonyl (C=O) groups is 1. The fourth-order valence-electron chi connectivity index (χ4n) is 0.791. The molecule has 6 heteroatoms. The summed E-state index contributed by atoms with van der Waals surface area (Å²) in [5, 5.41) is 0.258. The topological polar surface area (TPSA) is 56.0 Å². The number of nitrogens with two attached hydrogens (primary N) is 1. The maximum absolute atomic E-state index is 10.7. The summed E-state index contributed by atoms with van der Waals surface area (Å²) in [5.74, 6) is 0.316. The van der Waals surface area contributed by atoms with Crippen LogP contribution in [0.25, 0.3) is 0 Å². The third kappa shape index (κ3) is 2.93. The third-order valence-corrected chi connectivity index (χ3v) is 2.60. The lowest BCUT2D eigenvalue weighted by molar-refractivity contribution is -0.109. The Morgan fingerprint density at radius 1 is 1.69 bits per heavy atom. The first kappa shape index (κ1) is 10.9. The Balaban J connectivity index is 3.08. The number of pyridine rings is 1. The van der Waals surface area contributed by atoms with Gasteiger partial charge in [0.05, 0.1) is 4.47 Å². The average molecular weight is 328 g/mol. The first-order chi connectivity index (χ1) is 6.00. The maximum Gasteiger partial charge on any atom is 0.202 e. The van der Waals surface area contributed by atoms with Crippen LogP contribution in [0.5, 0.6) is 0 Å². The van der Waals surface area contributed by atoms with E-state index in [-0.39, 0.29) is 16.3 Å². The molecule has 0 aliphatic heterocycles. The van der Waals surface area contributed by atoms with Gasteiger partial charge in [0.25, 0.3) is 0 Å². The second-order valence-electron chi connectivity index (χ2n) is 2.34. The molecule has 0 aliphatic carbocycles. The third-order valence-electron chi connectivity index (χ3n) is 1.36. The van der Waals surface area contributed by atoms with Gasteiger partial charge in [0.1, 0.15) is 11.0 Å². The predicted octanol–water partition coefficient (Wildman–Crippen LogP) is 2.54. The number of anilines is 1. The van der Waals surface area contributed by atoms with E-state index in [0.29, 0.717) is 15.9 Å². The smallest absolute Gasteiger partial charge is 0.202 e. The minimum absolute atomic E-state index is 0.145. The molecule has 70 valence electrons. The van der Waals surface area contributed by atoms with E-state index in [0.717, 1.165) is 0 Å². The van der Waals surface area contributed by atoms with Crippen LogP contribution in [0.15, 0.2) is 10.5 Å². The molecule has 0 saturated carbocycles. The summed E-state index contributed by atoms with van der Waals surface area (Å²) >= 11 is 11.8. The molecule has 0 unspecified atom stereocenters. The monoisotopic (exact) mass is 326 g/mol. The molecule has 0 amide bonds. The SMILES string of the molecule is Nc1nc(Cl)c(CC(=O)Br)cc1Br. The van der Waals surface area contributed by atoms with Crippen molar-refractivity contribution in [2.24, 2.45) is 0 Å². The van der Waals surface area contributed by atoms with Gasteiger partial charge in [-0.25, -0.2) is 4.98 Å². The lowest BCUT2D eigenvalue weighted by Gasteiger charge is -2.03. The largest absolute Gasteiger partial charge is 0.383 e. The highest BCUT2D eigenvalue weighted by Crippen LogP contribution is 2.24. The molecule has 1 aromatic heterocycles. The number of nitrogen functional groups attached to an aromatic ring is 1. The summed E-state index contributed by atoms with van der Waals surface area (Å²) < 4.78 is 0.494. The van der Waals surface area contributed by atoms with Gasteiger partial charge in [0.15, 0.2) is 0 Å². The molecule has 1 aromatic rings. The quantitative estimate of drug-likeness (QED) is 0.670. The summed E-state index contributed by atoms with van der Waals surface area (Å²) in [6.07, 6.45) is 0.199. The number of hydrogen-bond donors (Lipinski definition) is 1. The highest BCUT2D eigenvalue weighted by Gasteiger charge is 2.08. The van der Waals surface area contributed by atoms with Gasteiger partial charge in [-0.15, -0.1) is 0 Å². The maximum atomic E-state index is 10.7. The highest BCUT2D eigenvalue weighted by molar-refractivity contribution is 9.18. The van der Waals surface area contributed by atoms with Gasteiger partial charge in [-0.2, -0.15) is 0 Å². The lowest BCUT2D eigenvalue weighted by Crippen LogP contribution is -1.99. The van der Waals surface area contributed by atoms with E-state index in [4.69, 9.17) is 17.3 Å². The van der Waals surface area contributed by atoms with Gasteiger partial charge in [-0.3, -0.25) is 4.79 Å². The van der Waals surface area contributed by atoms with E-state index in [9.17, 15) is 4.79 Å². The molecule has 13 heavy (non-hydrogen) atoms. The molecule has 0 radical (unpaired) electrons. The molecule has 0 saturated heterocycles. The molecule has 0 aromatic carbocycles. The fraction of sp³-hybridized carbons (Fsp3) is 0.143. The van der Waals surface area contributed by atoms with Gasteiger partial charge in [-0.05, 0) is 43.5 Å². The standard InChI is InChI=1S/C7H5Br2ClN2O/c8-4-1-3(2-5(9)13)6(10)12-7(4)11/h1H,2H2,(H2,11,12). The first-order valence-corrected chi connectivity index (χ1v) is 5.26. The van der Waals surface area contributed by atoms with Crippen molar-refractivity contribution in [1.82, 2.24) is 4.98 Å². The number of aromatic nitrogens is 1. The molecule has 3 nitrogen and oxygen atoms in total. The molecule has 0 atom stereocenters. The van der Waals surface area contributed by atoms with Crippen LogP contribution in [-0.4, -0.2) is 9.68 Å². The number of rotatable bonds is 2. The van der Waals surface area contributed by atoms with E-state index in [1.165, 1.54) is 0 Å². The second-order valence-corrected chi connectivity index (χ2v) is 4.43. The van der Waals surface area contributed by atoms with Crippen molar-refractivity contribution in [3.8, 4) is 0 Å². The summed E-state index contributed by atoms with van der Waals surface area (Å²) in [7, 11) is 0. The molecular formula is C7H5Br2ClN2O. The summed E-state index contributed by atoms with van der Waals surface area (Å²) in [6.45, 7) is 0. The molecular weight excluding hydrogens is 323 g/mol. The number of carbonyl (C=O) groups excluding carboxylic acids is 1. The molecule has 0 fully saturated rings. The van der Waals surface area contributed by atoms with Gasteiger partial charge in [-0.1, -0.05) is 11.6 Å². The summed E-state index contributed by atoms with van der Waals surface area (Å²) in [5.41, 5.74) is 6.12. The van der Waals surface area contributed by atoms with Crippen LogP contribution in [0.4, 0.5) is 5.82 Å². The highest BCUT2D eigenvalue weighted by atomic mass is 79.9. The summed E-state index contributed by atoms with van der Waals surface area (Å²) in [6, 6.07) is 1.68. The van der Waals surface area contributed by atoms with Crippen LogP contribution in [-0.2, 0) is 11.2 Å². The van der Waals surface area contributed by atoms with Gasteiger partial charge >= 0.3 is 0 Å². The van der Waals surface area contributed by atoms with Crippen molar-refractivity contribution in [1.29, 1.82) is 0 Å². The van der Waals surface area contributed by atoms with Gasteiger partial charge in [0, 0.05) is 6.42 Å². The predicted molar refractivity (Wildman–Crippen MR) is 59.0 cm³/mol. The van der Waals surface area contributed by atoms with Crippen LogP contribution >= 0.6 is 43.5 Å². The fourth-order valence-corrected chi connectivity index (χ4v) is 1.67. The minimum atomic E-state index is -0.145. The molecule has 2 N–H and O–H groups in total. The number of hydrogen-bond acceptors (Lipinski definition) is 3. The van der Waals surface area contributed by atoms with Crippen LogP contribution in [0.3, 0.4) is 0 Å². The summed E-state index contributed by atoms with van der Waals surface area (Å²) in [4.78, 5) is 14.6. The zero-order chi connectivity index (χ0) is 10.0.